The van der Waals surface area contributed by atoms with Gasteiger partial charge in [-0.3, -0.25) is 14.5 Å². The molecular formula is C36H44N4O8. The number of amides is 3. The van der Waals surface area contributed by atoms with Gasteiger partial charge in [-0.15, -0.1) is 0 Å². The Morgan fingerprint density at radius 2 is 1.67 bits per heavy atom. The lowest BCUT2D eigenvalue weighted by Gasteiger charge is -2.36. The molecule has 5 rings (SSSR count). The minimum absolute atomic E-state index is 0.0820. The van der Waals surface area contributed by atoms with E-state index < -0.39 is 24.1 Å². The van der Waals surface area contributed by atoms with Gasteiger partial charge in [0.15, 0.2) is 23.0 Å². The van der Waals surface area contributed by atoms with Gasteiger partial charge in [0.05, 0.1) is 19.6 Å². The fraction of sp³-hybridized carbons (Fsp3) is 0.417. The lowest BCUT2D eigenvalue weighted by Crippen LogP contribution is -2.56. The molecule has 12 heteroatoms. The highest BCUT2D eigenvalue weighted by atomic mass is 16.7. The number of carbonyl (C=O) groups is 3. The zero-order chi connectivity index (χ0) is 33.9. The van der Waals surface area contributed by atoms with Crippen molar-refractivity contribution >= 4 is 17.9 Å². The smallest absolute Gasteiger partial charge is 0.315 e. The lowest BCUT2D eigenvalue weighted by molar-refractivity contribution is -0.138. The Kier molecular flexibility index (Phi) is 12.0. The van der Waals surface area contributed by atoms with Crippen LogP contribution in [0.5, 0.6) is 23.0 Å². The van der Waals surface area contributed by atoms with E-state index in [2.05, 4.69) is 15.5 Å². The van der Waals surface area contributed by atoms with Crippen molar-refractivity contribution in [3.63, 3.8) is 0 Å². The fourth-order valence-electron chi connectivity index (χ4n) is 5.85. The van der Waals surface area contributed by atoms with Crippen LogP contribution in [-0.4, -0.2) is 78.9 Å². The highest BCUT2D eigenvalue weighted by Gasteiger charge is 2.30. The second-order valence-electron chi connectivity index (χ2n) is 11.9. The first-order valence-electron chi connectivity index (χ1n) is 16.4. The Morgan fingerprint density at radius 1 is 0.896 bits per heavy atom. The van der Waals surface area contributed by atoms with Gasteiger partial charge >= 0.3 is 12.0 Å². The monoisotopic (exact) mass is 660 g/mol. The maximum Gasteiger partial charge on any atom is 0.315 e. The number of aliphatic carboxylic acids is 1. The standard InChI is InChI=1S/C36H44N4O8/c1-3-4-10-28(37-36(44)38-29(21-34(41)42)27-12-14-31-33(20-27)48-24-47-31)35(43)40-17-15-39(16-18-40)22-26-11-13-30(32(19-26)45-2)46-23-25-8-6-5-7-9-25/h5-9,11-14,19-20,28-29H,3-4,10,15-18,21-24H2,1-2H3,(H,41,42)(H2,37,38,44)/t28-,29-/m0/s1. The number of fused-ring (bicyclic) bond motifs is 1. The van der Waals surface area contributed by atoms with E-state index in [1.807, 2.05) is 55.5 Å². The molecule has 0 unspecified atom stereocenters. The SMILES string of the molecule is CCCC[C@H](NC(=O)N[C@@H](CC(=O)O)c1ccc2c(c1)OCO2)C(=O)N1CCN(Cc2ccc(OCc3ccccc3)c(OC)c2)CC1. The highest BCUT2D eigenvalue weighted by Crippen LogP contribution is 2.35. The molecule has 2 aliphatic heterocycles. The summed E-state index contributed by atoms with van der Waals surface area (Å²) in [6, 6.07) is 18.8. The summed E-state index contributed by atoms with van der Waals surface area (Å²) in [5.74, 6) is 1.19. The third-order valence-corrected chi connectivity index (χ3v) is 8.49. The number of carboxylic acid groups (broad SMARTS) is 1. The molecule has 0 bridgehead atoms. The van der Waals surface area contributed by atoms with Crippen molar-refractivity contribution in [3.8, 4) is 23.0 Å². The molecule has 3 amide bonds. The number of benzene rings is 3. The summed E-state index contributed by atoms with van der Waals surface area (Å²) in [6.07, 6.45) is 1.76. The molecule has 2 atom stereocenters. The molecule has 3 aromatic carbocycles. The van der Waals surface area contributed by atoms with Crippen molar-refractivity contribution in [2.75, 3.05) is 40.1 Å². The molecule has 256 valence electrons. The van der Waals surface area contributed by atoms with E-state index in [1.54, 1.807) is 30.2 Å². The van der Waals surface area contributed by atoms with Crippen molar-refractivity contribution in [3.05, 3.63) is 83.4 Å². The van der Waals surface area contributed by atoms with Crippen LogP contribution in [0.25, 0.3) is 0 Å². The van der Waals surface area contributed by atoms with E-state index in [1.165, 1.54) is 0 Å². The Hall–Kier alpha value is -4.97. The maximum absolute atomic E-state index is 13.7. The Bertz CT molecular complexity index is 1540. The maximum atomic E-state index is 13.7. The number of nitrogens with one attached hydrogen (secondary N) is 2. The molecule has 0 saturated carbocycles. The van der Waals surface area contributed by atoms with Gasteiger partial charge in [-0.1, -0.05) is 62.2 Å². The molecule has 0 aromatic heterocycles. The van der Waals surface area contributed by atoms with Crippen molar-refractivity contribution in [1.29, 1.82) is 0 Å². The fourth-order valence-corrected chi connectivity index (χ4v) is 5.85. The zero-order valence-electron chi connectivity index (χ0n) is 27.5. The summed E-state index contributed by atoms with van der Waals surface area (Å²) in [6.45, 7) is 5.67. The molecule has 1 saturated heterocycles. The molecule has 0 spiro atoms. The molecule has 12 nitrogen and oxygen atoms in total. The quantitative estimate of drug-likeness (QED) is 0.211. The summed E-state index contributed by atoms with van der Waals surface area (Å²) in [5, 5.41) is 15.1. The second-order valence-corrected chi connectivity index (χ2v) is 11.9. The van der Waals surface area contributed by atoms with E-state index in [-0.39, 0.29) is 19.1 Å². The van der Waals surface area contributed by atoms with Gasteiger partial charge < -0.3 is 39.6 Å². The van der Waals surface area contributed by atoms with Crippen LogP contribution < -0.4 is 29.6 Å². The second kappa shape index (κ2) is 16.7. The summed E-state index contributed by atoms with van der Waals surface area (Å²) in [5.41, 5.74) is 2.72. The van der Waals surface area contributed by atoms with Gasteiger partial charge in [0.25, 0.3) is 0 Å². The first kappa shape index (κ1) is 34.4. The normalized spacial score (nSPS) is 15.3. The van der Waals surface area contributed by atoms with Crippen molar-refractivity contribution in [1.82, 2.24) is 20.4 Å². The van der Waals surface area contributed by atoms with Crippen molar-refractivity contribution in [2.24, 2.45) is 0 Å². The van der Waals surface area contributed by atoms with Crippen LogP contribution in [0.2, 0.25) is 0 Å². The minimum atomic E-state index is -1.07. The van der Waals surface area contributed by atoms with Gasteiger partial charge in [0.1, 0.15) is 12.6 Å². The molecule has 0 radical (unpaired) electrons. The summed E-state index contributed by atoms with van der Waals surface area (Å²) < 4.78 is 22.4. The average Bonchev–Trinajstić information content (AvgIpc) is 3.58. The van der Waals surface area contributed by atoms with Crippen LogP contribution in [0.3, 0.4) is 0 Å². The van der Waals surface area contributed by atoms with E-state index in [0.29, 0.717) is 74.3 Å². The Morgan fingerprint density at radius 3 is 2.40 bits per heavy atom. The molecule has 2 heterocycles. The van der Waals surface area contributed by atoms with E-state index in [9.17, 15) is 19.5 Å². The number of unbranched alkanes of at least 4 members (excludes halogenated alkanes) is 1. The topological polar surface area (TPSA) is 139 Å². The number of hydrogen-bond donors (Lipinski definition) is 3. The zero-order valence-corrected chi connectivity index (χ0v) is 27.5. The molecule has 3 N–H and O–H groups in total. The summed E-state index contributed by atoms with van der Waals surface area (Å²) in [7, 11) is 1.63. The summed E-state index contributed by atoms with van der Waals surface area (Å²) >= 11 is 0. The van der Waals surface area contributed by atoms with E-state index in [4.69, 9.17) is 18.9 Å². The number of piperazine rings is 1. The van der Waals surface area contributed by atoms with Crippen LogP contribution in [0.1, 0.15) is 55.3 Å². The number of nitrogens with zero attached hydrogens (tertiary/aromatic N) is 2. The molecule has 2 aliphatic rings. The highest BCUT2D eigenvalue weighted by molar-refractivity contribution is 5.87. The van der Waals surface area contributed by atoms with Crippen LogP contribution >= 0.6 is 0 Å². The van der Waals surface area contributed by atoms with Crippen molar-refractivity contribution in [2.45, 2.75) is 57.8 Å². The number of hydrogen-bond acceptors (Lipinski definition) is 8. The van der Waals surface area contributed by atoms with Gasteiger partial charge in [-0.2, -0.15) is 0 Å². The number of methoxy groups -OCH3 is 1. The average molecular weight is 661 g/mol. The first-order chi connectivity index (χ1) is 23.3. The van der Waals surface area contributed by atoms with Crippen LogP contribution in [0.4, 0.5) is 4.79 Å². The molecular weight excluding hydrogens is 616 g/mol. The minimum Gasteiger partial charge on any atom is -0.493 e. The van der Waals surface area contributed by atoms with E-state index >= 15 is 0 Å². The van der Waals surface area contributed by atoms with Crippen LogP contribution in [0, 0.1) is 0 Å². The molecule has 3 aromatic rings. The third-order valence-electron chi connectivity index (χ3n) is 8.49. The molecule has 1 fully saturated rings. The van der Waals surface area contributed by atoms with Gasteiger partial charge in [-0.25, -0.2) is 4.79 Å². The van der Waals surface area contributed by atoms with Gasteiger partial charge in [0, 0.05) is 32.7 Å². The lowest BCUT2D eigenvalue weighted by atomic mass is 10.0. The molecule has 0 aliphatic carbocycles. The third kappa shape index (κ3) is 9.31. The largest absolute Gasteiger partial charge is 0.493 e. The van der Waals surface area contributed by atoms with Gasteiger partial charge in [0.2, 0.25) is 12.7 Å². The summed E-state index contributed by atoms with van der Waals surface area (Å²) in [4.78, 5) is 42.6. The molecule has 48 heavy (non-hydrogen) atoms. The number of carboxylic acids is 1. The van der Waals surface area contributed by atoms with E-state index in [0.717, 1.165) is 24.0 Å². The number of carbonyl (C=O) groups excluding carboxylic acids is 2. The predicted molar refractivity (Wildman–Crippen MR) is 178 cm³/mol. The van der Waals surface area contributed by atoms with Gasteiger partial charge in [-0.05, 0) is 47.4 Å². The van der Waals surface area contributed by atoms with Crippen LogP contribution in [-0.2, 0) is 22.7 Å². The van der Waals surface area contributed by atoms with Crippen molar-refractivity contribution < 1.29 is 38.4 Å². The number of ether oxygens (including phenoxy) is 4. The van der Waals surface area contributed by atoms with Crippen LogP contribution in [0.15, 0.2) is 66.7 Å². The Balaban J connectivity index is 1.15. The number of urea groups is 1. The Labute approximate surface area is 280 Å². The number of rotatable bonds is 15. The predicted octanol–water partition coefficient (Wildman–Crippen LogP) is 4.72. The first-order valence-corrected chi connectivity index (χ1v) is 16.4.